The van der Waals surface area contributed by atoms with Gasteiger partial charge in [0, 0.05) is 24.1 Å². The highest BCUT2D eigenvalue weighted by Crippen LogP contribution is 2.23. The molecule has 1 saturated carbocycles. The van der Waals surface area contributed by atoms with Gasteiger partial charge in [-0.1, -0.05) is 30.6 Å². The Balaban J connectivity index is 1.51. The molecule has 2 rings (SSSR count). The first kappa shape index (κ1) is 15.4. The highest BCUT2D eigenvalue weighted by Gasteiger charge is 2.13. The van der Waals surface area contributed by atoms with E-state index in [4.69, 9.17) is 4.74 Å². The van der Waals surface area contributed by atoms with Gasteiger partial charge in [0.1, 0.15) is 0 Å². The van der Waals surface area contributed by atoms with E-state index in [-0.39, 0.29) is 9.92 Å². The summed E-state index contributed by atoms with van der Waals surface area (Å²) in [5.74, 6) is 0. The fourth-order valence-corrected chi connectivity index (χ4v) is 3.24. The Morgan fingerprint density at radius 1 is 1.35 bits per heavy atom. The Morgan fingerprint density at radius 3 is 2.85 bits per heavy atom. The highest BCUT2D eigenvalue weighted by molar-refractivity contribution is 7.15. The second-order valence-corrected chi connectivity index (χ2v) is 6.30. The van der Waals surface area contributed by atoms with E-state index >= 15 is 0 Å². The smallest absolute Gasteiger partial charge is 0.324 e. The summed E-state index contributed by atoms with van der Waals surface area (Å²) in [4.78, 5) is 11.2. The molecule has 6 heteroatoms. The maximum Gasteiger partial charge on any atom is 0.324 e. The monoisotopic (exact) mass is 298 g/mol. The van der Waals surface area contributed by atoms with Crippen LogP contribution in [0.4, 0.5) is 5.00 Å². The number of nitro groups is 1. The van der Waals surface area contributed by atoms with E-state index in [1.165, 1.54) is 43.4 Å². The summed E-state index contributed by atoms with van der Waals surface area (Å²) < 4.78 is 5.84. The van der Waals surface area contributed by atoms with Gasteiger partial charge < -0.3 is 10.1 Å². The Hall–Kier alpha value is -0.980. The van der Waals surface area contributed by atoms with Crippen LogP contribution in [0.5, 0.6) is 0 Å². The van der Waals surface area contributed by atoms with Gasteiger partial charge in [-0.3, -0.25) is 10.1 Å². The van der Waals surface area contributed by atoms with Crippen molar-refractivity contribution in [1.82, 2.24) is 5.32 Å². The lowest BCUT2D eigenvalue weighted by atomic mass is 9.98. The van der Waals surface area contributed by atoms with Crippen molar-refractivity contribution in [2.75, 3.05) is 13.2 Å². The highest BCUT2D eigenvalue weighted by atomic mass is 32.1. The minimum absolute atomic E-state index is 0.211. The van der Waals surface area contributed by atoms with Crippen LogP contribution in [-0.2, 0) is 11.3 Å². The number of rotatable bonds is 8. The first-order valence-corrected chi connectivity index (χ1v) is 8.13. The molecule has 20 heavy (non-hydrogen) atoms. The maximum atomic E-state index is 10.6. The summed E-state index contributed by atoms with van der Waals surface area (Å²) in [5, 5.41) is 14.1. The van der Waals surface area contributed by atoms with Crippen LogP contribution in [0.15, 0.2) is 12.1 Å². The largest absolute Gasteiger partial charge is 0.378 e. The third-order valence-corrected chi connectivity index (χ3v) is 4.57. The molecular formula is C14H22N2O3S. The first-order chi connectivity index (χ1) is 9.75. The zero-order valence-corrected chi connectivity index (χ0v) is 12.5. The lowest BCUT2D eigenvalue weighted by Gasteiger charge is -2.21. The average molecular weight is 298 g/mol. The molecule has 0 spiro atoms. The van der Waals surface area contributed by atoms with Gasteiger partial charge in [0.2, 0.25) is 0 Å². The van der Waals surface area contributed by atoms with Crippen molar-refractivity contribution in [2.45, 2.75) is 51.2 Å². The van der Waals surface area contributed by atoms with E-state index in [0.717, 1.165) is 24.4 Å². The van der Waals surface area contributed by atoms with Crippen LogP contribution in [0.25, 0.3) is 0 Å². The van der Waals surface area contributed by atoms with Crippen LogP contribution in [0.2, 0.25) is 0 Å². The lowest BCUT2D eigenvalue weighted by molar-refractivity contribution is -0.380. The van der Waals surface area contributed by atoms with Gasteiger partial charge in [0.15, 0.2) is 0 Å². The number of hydrogen-bond donors (Lipinski definition) is 1. The number of nitrogens with one attached hydrogen (secondary N) is 1. The van der Waals surface area contributed by atoms with Crippen molar-refractivity contribution in [2.24, 2.45) is 0 Å². The van der Waals surface area contributed by atoms with Crippen LogP contribution in [0.1, 0.15) is 43.4 Å². The van der Waals surface area contributed by atoms with Gasteiger partial charge in [0.25, 0.3) is 0 Å². The third kappa shape index (κ3) is 5.19. The standard InChI is InChI=1S/C14H22N2O3S/c17-16(18)14-8-7-13(20-14)11-15-9-4-10-19-12-5-2-1-3-6-12/h7-8,12,15H,1-6,9-11H2. The molecule has 5 nitrogen and oxygen atoms in total. The summed E-state index contributed by atoms with van der Waals surface area (Å²) in [5.41, 5.74) is 0. The maximum absolute atomic E-state index is 10.6. The van der Waals surface area contributed by atoms with E-state index < -0.39 is 0 Å². The van der Waals surface area contributed by atoms with E-state index in [2.05, 4.69) is 5.32 Å². The van der Waals surface area contributed by atoms with Crippen molar-refractivity contribution in [3.8, 4) is 0 Å². The third-order valence-electron chi connectivity index (χ3n) is 3.53. The molecule has 1 aliphatic rings. The van der Waals surface area contributed by atoms with Crippen LogP contribution in [0.3, 0.4) is 0 Å². The number of hydrogen-bond acceptors (Lipinski definition) is 5. The van der Waals surface area contributed by atoms with Gasteiger partial charge in [-0.05, 0) is 31.9 Å². The van der Waals surface area contributed by atoms with Crippen LogP contribution >= 0.6 is 11.3 Å². The minimum Gasteiger partial charge on any atom is -0.378 e. The van der Waals surface area contributed by atoms with Crippen molar-refractivity contribution in [3.63, 3.8) is 0 Å². The van der Waals surface area contributed by atoms with E-state index in [1.807, 2.05) is 6.07 Å². The van der Waals surface area contributed by atoms with Crippen molar-refractivity contribution >= 4 is 16.3 Å². The predicted octanol–water partition coefficient (Wildman–Crippen LogP) is 3.49. The van der Waals surface area contributed by atoms with E-state index in [0.29, 0.717) is 12.6 Å². The van der Waals surface area contributed by atoms with Crippen LogP contribution in [0, 0.1) is 10.1 Å². The molecule has 1 N–H and O–H groups in total. The summed E-state index contributed by atoms with van der Waals surface area (Å²) >= 11 is 1.23. The van der Waals surface area contributed by atoms with Crippen molar-refractivity contribution < 1.29 is 9.66 Å². The molecule has 0 saturated heterocycles. The van der Waals surface area contributed by atoms with Crippen LogP contribution < -0.4 is 5.32 Å². The minimum atomic E-state index is -0.341. The molecule has 1 aromatic heterocycles. The zero-order chi connectivity index (χ0) is 14.2. The molecule has 1 heterocycles. The summed E-state index contributed by atoms with van der Waals surface area (Å²) in [6.07, 6.45) is 7.86. The topological polar surface area (TPSA) is 64.4 Å². The molecule has 1 aliphatic carbocycles. The Bertz CT molecular complexity index is 416. The number of nitrogens with zero attached hydrogens (tertiary/aromatic N) is 1. The summed E-state index contributed by atoms with van der Waals surface area (Å²) in [6, 6.07) is 3.38. The molecule has 112 valence electrons. The predicted molar refractivity (Wildman–Crippen MR) is 80.1 cm³/mol. The molecule has 1 fully saturated rings. The number of thiophene rings is 1. The normalized spacial score (nSPS) is 16.4. The quantitative estimate of drug-likeness (QED) is 0.453. The molecule has 0 amide bonds. The van der Waals surface area contributed by atoms with Gasteiger partial charge in [-0.25, -0.2) is 0 Å². The second-order valence-electron chi connectivity index (χ2n) is 5.16. The molecule has 0 bridgehead atoms. The first-order valence-electron chi connectivity index (χ1n) is 7.31. The summed E-state index contributed by atoms with van der Waals surface area (Å²) in [7, 11) is 0. The summed E-state index contributed by atoms with van der Waals surface area (Å²) in [6.45, 7) is 2.39. The molecular weight excluding hydrogens is 276 g/mol. The lowest BCUT2D eigenvalue weighted by Crippen LogP contribution is -2.20. The van der Waals surface area contributed by atoms with Gasteiger partial charge >= 0.3 is 5.00 Å². The fraction of sp³-hybridized carbons (Fsp3) is 0.714. The average Bonchev–Trinajstić information content (AvgIpc) is 2.93. The van der Waals surface area contributed by atoms with E-state index in [1.54, 1.807) is 6.07 Å². The van der Waals surface area contributed by atoms with Gasteiger partial charge in [-0.15, -0.1) is 0 Å². The van der Waals surface area contributed by atoms with Gasteiger partial charge in [0.05, 0.1) is 11.0 Å². The molecule has 0 aliphatic heterocycles. The van der Waals surface area contributed by atoms with Gasteiger partial charge in [-0.2, -0.15) is 0 Å². The zero-order valence-electron chi connectivity index (χ0n) is 11.7. The Kier molecular flexibility index (Phi) is 6.42. The van der Waals surface area contributed by atoms with E-state index in [9.17, 15) is 10.1 Å². The molecule has 0 radical (unpaired) electrons. The fourth-order valence-electron chi connectivity index (χ4n) is 2.45. The Morgan fingerprint density at radius 2 is 2.15 bits per heavy atom. The molecule has 1 aromatic rings. The number of ether oxygens (including phenoxy) is 1. The molecule has 0 atom stereocenters. The van der Waals surface area contributed by atoms with Crippen LogP contribution in [-0.4, -0.2) is 24.2 Å². The van der Waals surface area contributed by atoms with Crippen molar-refractivity contribution in [1.29, 1.82) is 0 Å². The SMILES string of the molecule is O=[N+]([O-])c1ccc(CNCCCOC2CCCCC2)s1. The molecule has 0 aromatic carbocycles. The molecule has 0 unspecified atom stereocenters. The second kappa shape index (κ2) is 8.34. The Labute approximate surface area is 123 Å². The van der Waals surface area contributed by atoms with Crippen molar-refractivity contribution in [3.05, 3.63) is 27.1 Å².